The van der Waals surface area contributed by atoms with Crippen molar-refractivity contribution in [2.24, 2.45) is 0 Å². The molecule has 1 aromatic rings. The first-order valence-corrected chi connectivity index (χ1v) is 4.70. The van der Waals surface area contributed by atoms with Crippen LogP contribution < -0.4 is 0 Å². The van der Waals surface area contributed by atoms with Crippen molar-refractivity contribution in [3.63, 3.8) is 0 Å². The van der Waals surface area contributed by atoms with Gasteiger partial charge in [-0.1, -0.05) is 30.3 Å². The minimum atomic E-state index is 0.154. The maximum absolute atomic E-state index is 5.52. The van der Waals surface area contributed by atoms with Gasteiger partial charge in [0.15, 0.2) is 0 Å². The van der Waals surface area contributed by atoms with Gasteiger partial charge >= 0.3 is 0 Å². The third kappa shape index (κ3) is 1.74. The predicted molar refractivity (Wildman–Crippen MR) is 50.5 cm³/mol. The van der Waals surface area contributed by atoms with Crippen LogP contribution in [0, 0.1) is 0 Å². The Bertz CT molecular complexity index is 258. The Hall–Kier alpha value is -0.860. The molecular formula is C11H14O2. The summed E-state index contributed by atoms with van der Waals surface area (Å²) in [6.07, 6.45) is 0.411. The number of ether oxygens (including phenoxy) is 2. The summed E-state index contributed by atoms with van der Waals surface area (Å²) in [6.45, 7) is 3.51. The lowest BCUT2D eigenvalue weighted by atomic mass is 10.0. The maximum atomic E-state index is 5.52. The lowest BCUT2D eigenvalue weighted by Gasteiger charge is -2.36. The molecule has 0 N–H and O–H groups in total. The van der Waals surface area contributed by atoms with E-state index in [9.17, 15) is 0 Å². The Labute approximate surface area is 78.5 Å². The van der Waals surface area contributed by atoms with Gasteiger partial charge in [0.1, 0.15) is 12.2 Å². The third-order valence-electron chi connectivity index (χ3n) is 2.29. The summed E-state index contributed by atoms with van der Waals surface area (Å²) >= 11 is 0. The Balaban J connectivity index is 2.02. The van der Waals surface area contributed by atoms with Crippen LogP contribution in [0.4, 0.5) is 0 Å². The molecule has 70 valence electrons. The molecule has 1 aromatic carbocycles. The van der Waals surface area contributed by atoms with Crippen molar-refractivity contribution in [2.45, 2.75) is 19.1 Å². The molecule has 0 saturated carbocycles. The molecule has 2 rings (SSSR count). The second kappa shape index (κ2) is 3.90. The minimum absolute atomic E-state index is 0.154. The number of benzene rings is 1. The van der Waals surface area contributed by atoms with Gasteiger partial charge in [-0.15, -0.1) is 0 Å². The van der Waals surface area contributed by atoms with E-state index in [1.807, 2.05) is 25.1 Å². The molecule has 1 heterocycles. The lowest BCUT2D eigenvalue weighted by Crippen LogP contribution is -2.39. The smallest absolute Gasteiger partial charge is 0.111 e. The van der Waals surface area contributed by atoms with Crippen LogP contribution in [0.15, 0.2) is 30.3 Å². The second-order valence-electron chi connectivity index (χ2n) is 3.16. The van der Waals surface area contributed by atoms with Gasteiger partial charge in [0.05, 0.1) is 6.61 Å². The van der Waals surface area contributed by atoms with Crippen molar-refractivity contribution in [1.82, 2.24) is 0 Å². The van der Waals surface area contributed by atoms with Crippen LogP contribution in [-0.4, -0.2) is 19.3 Å². The van der Waals surface area contributed by atoms with E-state index in [0.717, 1.165) is 13.2 Å². The lowest BCUT2D eigenvalue weighted by molar-refractivity contribution is -0.189. The highest BCUT2D eigenvalue weighted by atomic mass is 16.6. The normalized spacial score (nSPS) is 26.8. The fraction of sp³-hybridized carbons (Fsp3) is 0.455. The molecule has 2 atom stereocenters. The number of rotatable bonds is 3. The largest absolute Gasteiger partial charge is 0.373 e. The average Bonchev–Trinajstić information content (AvgIpc) is 2.14. The molecule has 1 aliphatic heterocycles. The van der Waals surface area contributed by atoms with Crippen LogP contribution in [0.2, 0.25) is 0 Å². The molecule has 0 aliphatic carbocycles. The van der Waals surface area contributed by atoms with Gasteiger partial charge in [-0.05, 0) is 12.5 Å². The molecule has 0 bridgehead atoms. The molecule has 0 amide bonds. The van der Waals surface area contributed by atoms with Gasteiger partial charge in [0.25, 0.3) is 0 Å². The van der Waals surface area contributed by atoms with Crippen LogP contribution in [-0.2, 0) is 9.47 Å². The Morgan fingerprint density at radius 3 is 2.69 bits per heavy atom. The van der Waals surface area contributed by atoms with Gasteiger partial charge in [0.2, 0.25) is 0 Å². The van der Waals surface area contributed by atoms with Crippen molar-refractivity contribution in [3.05, 3.63) is 35.9 Å². The van der Waals surface area contributed by atoms with Crippen LogP contribution in [0.5, 0.6) is 0 Å². The van der Waals surface area contributed by atoms with Crippen LogP contribution in [0.1, 0.15) is 18.6 Å². The Kier molecular flexibility index (Phi) is 2.62. The zero-order valence-electron chi connectivity index (χ0n) is 7.77. The summed E-state index contributed by atoms with van der Waals surface area (Å²) in [5.41, 5.74) is 1.22. The van der Waals surface area contributed by atoms with E-state index in [1.165, 1.54) is 5.56 Å². The van der Waals surface area contributed by atoms with Crippen LogP contribution in [0.3, 0.4) is 0 Å². The van der Waals surface area contributed by atoms with Crippen molar-refractivity contribution in [3.8, 4) is 0 Å². The van der Waals surface area contributed by atoms with Crippen LogP contribution in [0.25, 0.3) is 0 Å². The van der Waals surface area contributed by atoms with Gasteiger partial charge < -0.3 is 9.47 Å². The van der Waals surface area contributed by atoms with E-state index in [2.05, 4.69) is 12.1 Å². The summed E-state index contributed by atoms with van der Waals surface area (Å²) in [7, 11) is 0. The predicted octanol–water partition coefficient (Wildman–Crippen LogP) is 2.16. The van der Waals surface area contributed by atoms with E-state index >= 15 is 0 Å². The quantitative estimate of drug-likeness (QED) is 0.706. The van der Waals surface area contributed by atoms with Crippen molar-refractivity contribution in [1.29, 1.82) is 0 Å². The monoisotopic (exact) mass is 178 g/mol. The van der Waals surface area contributed by atoms with Gasteiger partial charge in [0, 0.05) is 6.61 Å². The summed E-state index contributed by atoms with van der Waals surface area (Å²) in [5, 5.41) is 0. The molecule has 2 heteroatoms. The van der Waals surface area contributed by atoms with Gasteiger partial charge in [-0.2, -0.15) is 0 Å². The average molecular weight is 178 g/mol. The zero-order chi connectivity index (χ0) is 9.10. The van der Waals surface area contributed by atoms with Crippen molar-refractivity contribution >= 4 is 0 Å². The Morgan fingerprint density at radius 2 is 2.15 bits per heavy atom. The molecule has 0 radical (unpaired) electrons. The highest BCUT2D eigenvalue weighted by molar-refractivity contribution is 5.20. The minimum Gasteiger partial charge on any atom is -0.373 e. The highest BCUT2D eigenvalue weighted by Crippen LogP contribution is 2.31. The van der Waals surface area contributed by atoms with E-state index in [1.54, 1.807) is 0 Å². The first kappa shape index (κ1) is 8.73. The SMILES string of the molecule is CCOC1COC1c1ccccc1. The topological polar surface area (TPSA) is 18.5 Å². The molecule has 0 spiro atoms. The van der Waals surface area contributed by atoms with Crippen molar-refractivity contribution in [2.75, 3.05) is 13.2 Å². The van der Waals surface area contributed by atoms with Gasteiger partial charge in [-0.25, -0.2) is 0 Å². The summed E-state index contributed by atoms with van der Waals surface area (Å²) in [4.78, 5) is 0. The summed E-state index contributed by atoms with van der Waals surface area (Å²) in [5.74, 6) is 0. The number of hydrogen-bond donors (Lipinski definition) is 0. The maximum Gasteiger partial charge on any atom is 0.111 e. The zero-order valence-corrected chi connectivity index (χ0v) is 7.77. The van der Waals surface area contributed by atoms with E-state index < -0.39 is 0 Å². The fourth-order valence-corrected chi connectivity index (χ4v) is 1.57. The second-order valence-corrected chi connectivity index (χ2v) is 3.16. The molecule has 1 fully saturated rings. The van der Waals surface area contributed by atoms with Gasteiger partial charge in [-0.3, -0.25) is 0 Å². The number of hydrogen-bond acceptors (Lipinski definition) is 2. The molecule has 1 saturated heterocycles. The molecule has 13 heavy (non-hydrogen) atoms. The highest BCUT2D eigenvalue weighted by Gasteiger charge is 2.33. The molecular weight excluding hydrogens is 164 g/mol. The molecule has 2 unspecified atom stereocenters. The first-order valence-electron chi connectivity index (χ1n) is 4.70. The van der Waals surface area contributed by atoms with Crippen LogP contribution >= 0.6 is 0 Å². The van der Waals surface area contributed by atoms with E-state index in [-0.39, 0.29) is 12.2 Å². The molecule has 0 aromatic heterocycles. The first-order chi connectivity index (χ1) is 6.42. The van der Waals surface area contributed by atoms with E-state index in [4.69, 9.17) is 9.47 Å². The van der Waals surface area contributed by atoms with Crippen molar-refractivity contribution < 1.29 is 9.47 Å². The summed E-state index contributed by atoms with van der Waals surface area (Å²) < 4.78 is 11.0. The summed E-state index contributed by atoms with van der Waals surface area (Å²) in [6, 6.07) is 10.2. The van der Waals surface area contributed by atoms with E-state index in [0.29, 0.717) is 0 Å². The third-order valence-corrected chi connectivity index (χ3v) is 2.29. The Morgan fingerprint density at radius 1 is 1.38 bits per heavy atom. The fourth-order valence-electron chi connectivity index (χ4n) is 1.57. The standard InChI is InChI=1S/C11H14O2/c1-2-12-10-8-13-11(10)9-6-4-3-5-7-9/h3-7,10-11H,2,8H2,1H3. The molecule has 1 aliphatic rings. The molecule has 2 nitrogen and oxygen atoms in total.